The molecule has 0 aliphatic rings. The van der Waals surface area contributed by atoms with Crippen LogP contribution in [0.15, 0.2) is 42.7 Å². The average molecular weight is 353 g/mol. The second-order valence-electron chi connectivity index (χ2n) is 4.62. The fourth-order valence-electron chi connectivity index (χ4n) is 2.09. The summed E-state index contributed by atoms with van der Waals surface area (Å²) in [6.07, 6.45) is 3.51. The third-order valence-electron chi connectivity index (χ3n) is 3.13. The van der Waals surface area contributed by atoms with Crippen molar-refractivity contribution in [3.8, 4) is 16.3 Å². The summed E-state index contributed by atoms with van der Waals surface area (Å²) in [4.78, 5) is 0.256. The molecule has 0 spiro atoms. The zero-order valence-corrected chi connectivity index (χ0v) is 12.8. The van der Waals surface area contributed by atoms with Crippen LogP contribution in [0.2, 0.25) is 0 Å². The van der Waals surface area contributed by atoms with Gasteiger partial charge in [0.15, 0.2) is 0 Å². The summed E-state index contributed by atoms with van der Waals surface area (Å²) in [6, 6.07) is 9.22. The Hall–Kier alpha value is -2.39. The van der Waals surface area contributed by atoms with Gasteiger partial charge in [-0.25, -0.2) is 4.68 Å². The van der Waals surface area contributed by atoms with Gasteiger partial charge in [-0.05, 0) is 41.9 Å². The molecule has 0 saturated heterocycles. The van der Waals surface area contributed by atoms with Gasteiger partial charge < -0.3 is 0 Å². The average Bonchev–Trinajstić information content (AvgIpc) is 3.22. The molecule has 0 unspecified atom stereocenters. The molecule has 0 aliphatic carbocycles. The number of fused-ring (bicyclic) bond motifs is 1. The van der Waals surface area contributed by atoms with Crippen molar-refractivity contribution in [2.24, 2.45) is 0 Å². The molecule has 0 amide bonds. The lowest BCUT2D eigenvalue weighted by atomic mass is 10.2. The molecule has 0 bridgehead atoms. The van der Waals surface area contributed by atoms with E-state index in [9.17, 15) is 8.78 Å². The summed E-state index contributed by atoms with van der Waals surface area (Å²) in [5.74, 6) is -0.690. The Bertz CT molecular complexity index is 955. The van der Waals surface area contributed by atoms with Crippen LogP contribution < -0.4 is 0 Å². The molecule has 116 valence electrons. The number of nitrogens with zero attached hydrogens (tertiary/aromatic N) is 6. The van der Waals surface area contributed by atoms with Crippen LogP contribution in [0.4, 0.5) is 8.78 Å². The van der Waals surface area contributed by atoms with Crippen LogP contribution in [0.5, 0.6) is 0 Å². The van der Waals surface area contributed by atoms with Crippen molar-refractivity contribution < 1.29 is 8.78 Å². The molecule has 4 aromatic rings. The molecule has 1 aromatic carbocycles. The van der Waals surface area contributed by atoms with Crippen LogP contribution in [-0.4, -0.2) is 29.6 Å². The van der Waals surface area contributed by atoms with Gasteiger partial charge in [0.1, 0.15) is 5.01 Å². The van der Waals surface area contributed by atoms with E-state index in [1.54, 1.807) is 10.9 Å². The van der Waals surface area contributed by atoms with Crippen LogP contribution >= 0.6 is 22.9 Å². The second kappa shape index (κ2) is 5.07. The van der Waals surface area contributed by atoms with Crippen LogP contribution in [0.1, 0.15) is 5.82 Å². The zero-order valence-electron chi connectivity index (χ0n) is 11.3. The Morgan fingerprint density at radius 2 is 1.91 bits per heavy atom. The van der Waals surface area contributed by atoms with Gasteiger partial charge in [0, 0.05) is 18.0 Å². The molecule has 6 nitrogen and oxygen atoms in total. The monoisotopic (exact) mass is 352 g/mol. The van der Waals surface area contributed by atoms with Crippen molar-refractivity contribution in [2.75, 3.05) is 0 Å². The van der Waals surface area contributed by atoms with E-state index in [1.807, 2.05) is 36.5 Å². The van der Waals surface area contributed by atoms with Gasteiger partial charge in [-0.2, -0.15) is 23.5 Å². The van der Waals surface area contributed by atoms with E-state index in [0.29, 0.717) is 5.01 Å². The highest BCUT2D eigenvalue weighted by Gasteiger charge is 2.35. The third-order valence-corrected chi connectivity index (χ3v) is 4.24. The van der Waals surface area contributed by atoms with E-state index in [-0.39, 0.29) is 4.96 Å². The van der Waals surface area contributed by atoms with E-state index in [4.69, 9.17) is 11.6 Å². The van der Waals surface area contributed by atoms with Crippen molar-refractivity contribution in [3.05, 3.63) is 48.5 Å². The fourth-order valence-corrected chi connectivity index (χ4v) is 3.05. The standard InChI is InChI=1S/C13H7ClF2N6S/c14-13(15,16)11-18-19-12-22(11)20-10(23-12)8-2-4-9(5-3-8)21-7-1-6-17-21/h1-7H. The minimum Gasteiger partial charge on any atom is -0.241 e. The summed E-state index contributed by atoms with van der Waals surface area (Å²) in [5.41, 5.74) is 1.66. The number of alkyl halides is 3. The lowest BCUT2D eigenvalue weighted by molar-refractivity contribution is 0.0821. The first kappa shape index (κ1) is 14.2. The molecule has 10 heteroatoms. The number of halogens is 3. The highest BCUT2D eigenvalue weighted by molar-refractivity contribution is 7.19. The summed E-state index contributed by atoms with van der Waals surface area (Å²) in [6.45, 7) is 0. The van der Waals surface area contributed by atoms with Crippen molar-refractivity contribution in [2.45, 2.75) is 5.38 Å². The molecule has 4 rings (SSSR count). The van der Waals surface area contributed by atoms with Gasteiger partial charge in [0.25, 0.3) is 0 Å². The number of aromatic nitrogens is 6. The first-order valence-corrected chi connectivity index (χ1v) is 7.62. The first-order valence-electron chi connectivity index (χ1n) is 6.42. The predicted octanol–water partition coefficient (Wildman–Crippen LogP) is 3.33. The van der Waals surface area contributed by atoms with E-state index >= 15 is 0 Å². The number of hydrogen-bond acceptors (Lipinski definition) is 5. The Labute approximate surface area is 137 Å². The van der Waals surface area contributed by atoms with E-state index in [0.717, 1.165) is 27.1 Å². The second-order valence-corrected chi connectivity index (χ2v) is 6.05. The molecule has 0 N–H and O–H groups in total. The molecule has 23 heavy (non-hydrogen) atoms. The quantitative estimate of drug-likeness (QED) is 0.531. The maximum atomic E-state index is 13.2. The number of hydrogen-bond donors (Lipinski definition) is 0. The molecule has 0 aliphatic heterocycles. The number of rotatable bonds is 3. The SMILES string of the molecule is FC(F)(Cl)c1nnc2sc(-c3ccc(-n4cccn4)cc3)nn12. The number of benzene rings is 1. The predicted molar refractivity (Wildman–Crippen MR) is 81.0 cm³/mol. The summed E-state index contributed by atoms with van der Waals surface area (Å²) < 4.78 is 29.2. The van der Waals surface area contributed by atoms with Crippen molar-refractivity contribution >= 4 is 27.9 Å². The topological polar surface area (TPSA) is 60.9 Å². The van der Waals surface area contributed by atoms with Gasteiger partial charge in [0.05, 0.1) is 5.69 Å². The van der Waals surface area contributed by atoms with Gasteiger partial charge in [-0.1, -0.05) is 11.3 Å². The maximum absolute atomic E-state index is 13.2. The van der Waals surface area contributed by atoms with Crippen molar-refractivity contribution in [1.29, 1.82) is 0 Å². The molecule has 3 heterocycles. The van der Waals surface area contributed by atoms with E-state index in [1.165, 1.54) is 0 Å². The molecule has 0 atom stereocenters. The minimum atomic E-state index is -3.62. The minimum absolute atomic E-state index is 0.256. The Morgan fingerprint density at radius 1 is 1.13 bits per heavy atom. The highest BCUT2D eigenvalue weighted by atomic mass is 35.5. The van der Waals surface area contributed by atoms with E-state index < -0.39 is 11.2 Å². The van der Waals surface area contributed by atoms with Crippen molar-refractivity contribution in [3.63, 3.8) is 0 Å². The van der Waals surface area contributed by atoms with Gasteiger partial charge in [-0.15, -0.1) is 10.2 Å². The summed E-state index contributed by atoms with van der Waals surface area (Å²) >= 11 is 6.16. The van der Waals surface area contributed by atoms with Crippen molar-refractivity contribution in [1.82, 2.24) is 29.6 Å². The smallest absolute Gasteiger partial charge is 0.241 e. The molecule has 0 saturated carbocycles. The van der Waals surface area contributed by atoms with Gasteiger partial charge in [0.2, 0.25) is 10.8 Å². The maximum Gasteiger partial charge on any atom is 0.383 e. The lowest BCUT2D eigenvalue weighted by Gasteiger charge is -2.03. The highest BCUT2D eigenvalue weighted by Crippen LogP contribution is 2.33. The third kappa shape index (κ3) is 2.47. The first-order chi connectivity index (χ1) is 11.0. The molecular formula is C13H7ClF2N6S. The lowest BCUT2D eigenvalue weighted by Crippen LogP contribution is -2.10. The normalized spacial score (nSPS) is 12.1. The summed E-state index contributed by atoms with van der Waals surface area (Å²) in [5, 5.41) is 12.2. The van der Waals surface area contributed by atoms with Crippen LogP contribution in [0.25, 0.3) is 21.2 Å². The Kier molecular flexibility index (Phi) is 3.13. The summed E-state index contributed by atoms with van der Waals surface area (Å²) in [7, 11) is 0. The molecule has 3 aromatic heterocycles. The van der Waals surface area contributed by atoms with Crippen LogP contribution in [0, 0.1) is 0 Å². The Morgan fingerprint density at radius 3 is 2.57 bits per heavy atom. The van der Waals surface area contributed by atoms with E-state index in [2.05, 4.69) is 20.4 Å². The van der Waals surface area contributed by atoms with Crippen LogP contribution in [0.3, 0.4) is 0 Å². The van der Waals surface area contributed by atoms with Crippen LogP contribution in [-0.2, 0) is 5.38 Å². The molecule has 0 radical (unpaired) electrons. The zero-order chi connectivity index (χ0) is 16.0. The largest absolute Gasteiger partial charge is 0.383 e. The van der Waals surface area contributed by atoms with Gasteiger partial charge >= 0.3 is 5.38 Å². The fraction of sp³-hybridized carbons (Fsp3) is 0.0769. The Balaban J connectivity index is 1.73. The molecular weight excluding hydrogens is 346 g/mol. The van der Waals surface area contributed by atoms with Gasteiger partial charge in [-0.3, -0.25) is 0 Å². The molecule has 0 fully saturated rings.